The second-order valence-electron chi connectivity index (χ2n) is 5.59. The van der Waals surface area contributed by atoms with Gasteiger partial charge in [-0.15, -0.1) is 6.58 Å². The van der Waals surface area contributed by atoms with Crippen LogP contribution in [0.25, 0.3) is 0 Å². The van der Waals surface area contributed by atoms with Crippen molar-refractivity contribution in [1.29, 1.82) is 0 Å². The van der Waals surface area contributed by atoms with Crippen LogP contribution in [0.1, 0.15) is 34.7 Å². The van der Waals surface area contributed by atoms with E-state index in [0.29, 0.717) is 0 Å². The molecule has 1 aliphatic rings. The fourth-order valence-corrected chi connectivity index (χ4v) is 3.08. The highest BCUT2D eigenvalue weighted by Gasteiger charge is 2.26. The smallest absolute Gasteiger partial charge is 0.176 e. The van der Waals surface area contributed by atoms with E-state index >= 15 is 0 Å². The van der Waals surface area contributed by atoms with Crippen LogP contribution in [0.15, 0.2) is 55.1 Å². The van der Waals surface area contributed by atoms with Gasteiger partial charge < -0.3 is 4.57 Å². The SMILES string of the molecule is C=C[C@@H]1CN(Cc2ccccc2)Cc2ccc(C(C)=O)n21. The van der Waals surface area contributed by atoms with Gasteiger partial charge >= 0.3 is 0 Å². The monoisotopic (exact) mass is 280 g/mol. The van der Waals surface area contributed by atoms with Crippen LogP contribution in [0.3, 0.4) is 0 Å². The van der Waals surface area contributed by atoms with Gasteiger partial charge in [-0.05, 0) is 17.7 Å². The Morgan fingerprint density at radius 3 is 2.71 bits per heavy atom. The average molecular weight is 280 g/mol. The lowest BCUT2D eigenvalue weighted by Gasteiger charge is -2.34. The Morgan fingerprint density at radius 2 is 2.05 bits per heavy atom. The van der Waals surface area contributed by atoms with Crippen LogP contribution >= 0.6 is 0 Å². The van der Waals surface area contributed by atoms with Crippen LogP contribution in [0, 0.1) is 0 Å². The van der Waals surface area contributed by atoms with Gasteiger partial charge in [-0.1, -0.05) is 36.4 Å². The number of aromatic nitrogens is 1. The van der Waals surface area contributed by atoms with E-state index in [2.05, 4.69) is 46.4 Å². The van der Waals surface area contributed by atoms with Crippen LogP contribution in [0.2, 0.25) is 0 Å². The molecule has 2 aromatic rings. The van der Waals surface area contributed by atoms with Gasteiger partial charge in [0.05, 0.1) is 11.7 Å². The fraction of sp³-hybridized carbons (Fsp3) is 0.278. The van der Waals surface area contributed by atoms with Gasteiger partial charge in [-0.25, -0.2) is 0 Å². The van der Waals surface area contributed by atoms with Crippen LogP contribution in [-0.2, 0) is 13.1 Å². The summed E-state index contributed by atoms with van der Waals surface area (Å²) in [4.78, 5) is 14.1. The van der Waals surface area contributed by atoms with Crippen molar-refractivity contribution in [2.75, 3.05) is 6.54 Å². The molecule has 108 valence electrons. The van der Waals surface area contributed by atoms with Crippen molar-refractivity contribution in [1.82, 2.24) is 9.47 Å². The van der Waals surface area contributed by atoms with Gasteiger partial charge in [0.15, 0.2) is 5.78 Å². The highest BCUT2D eigenvalue weighted by Crippen LogP contribution is 2.27. The number of fused-ring (bicyclic) bond motifs is 1. The Balaban J connectivity index is 1.86. The number of hydrogen-bond donors (Lipinski definition) is 0. The number of carbonyl (C=O) groups is 1. The molecule has 0 fully saturated rings. The van der Waals surface area contributed by atoms with E-state index in [1.165, 1.54) is 11.3 Å². The van der Waals surface area contributed by atoms with Crippen LogP contribution in [0.5, 0.6) is 0 Å². The highest BCUT2D eigenvalue weighted by atomic mass is 16.1. The normalized spacial score (nSPS) is 18.2. The summed E-state index contributed by atoms with van der Waals surface area (Å²) in [5.41, 5.74) is 3.29. The molecule has 0 aliphatic carbocycles. The van der Waals surface area contributed by atoms with Crippen LogP contribution in [-0.4, -0.2) is 21.8 Å². The number of nitrogens with zero attached hydrogens (tertiary/aromatic N) is 2. The first-order valence-corrected chi connectivity index (χ1v) is 7.29. The van der Waals surface area contributed by atoms with Crippen molar-refractivity contribution in [3.63, 3.8) is 0 Å². The molecule has 0 saturated heterocycles. The molecule has 0 N–H and O–H groups in total. The molecule has 3 rings (SSSR count). The summed E-state index contributed by atoms with van der Waals surface area (Å²) in [5.74, 6) is 0.115. The Kier molecular flexibility index (Phi) is 3.76. The maximum absolute atomic E-state index is 11.7. The number of carbonyl (C=O) groups excluding carboxylic acids is 1. The molecule has 1 atom stereocenters. The molecule has 0 bridgehead atoms. The van der Waals surface area contributed by atoms with Crippen molar-refractivity contribution in [2.45, 2.75) is 26.1 Å². The first kappa shape index (κ1) is 13.8. The molecule has 21 heavy (non-hydrogen) atoms. The first-order chi connectivity index (χ1) is 10.2. The van der Waals surface area contributed by atoms with E-state index in [0.717, 1.165) is 25.3 Å². The highest BCUT2D eigenvalue weighted by molar-refractivity contribution is 5.92. The summed E-state index contributed by atoms with van der Waals surface area (Å²) in [5, 5.41) is 0. The molecular weight excluding hydrogens is 260 g/mol. The summed E-state index contributed by atoms with van der Waals surface area (Å²) >= 11 is 0. The third-order valence-corrected chi connectivity index (χ3v) is 4.05. The van der Waals surface area contributed by atoms with Gasteiger partial charge in [-0.2, -0.15) is 0 Å². The van der Waals surface area contributed by atoms with Gasteiger partial charge in [0.2, 0.25) is 0 Å². The number of hydrogen-bond acceptors (Lipinski definition) is 2. The summed E-state index contributed by atoms with van der Waals surface area (Å²) in [6.45, 7) is 8.25. The van der Waals surface area contributed by atoms with Crippen molar-refractivity contribution in [3.05, 3.63) is 72.1 Å². The van der Waals surface area contributed by atoms with Gasteiger partial charge in [0.25, 0.3) is 0 Å². The topological polar surface area (TPSA) is 25.2 Å². The zero-order valence-electron chi connectivity index (χ0n) is 12.3. The molecule has 1 aromatic heterocycles. The van der Waals surface area contributed by atoms with Crippen molar-refractivity contribution < 1.29 is 4.79 Å². The number of benzene rings is 1. The molecule has 3 heteroatoms. The maximum atomic E-state index is 11.7. The molecule has 0 radical (unpaired) electrons. The van der Waals surface area contributed by atoms with Gasteiger partial charge in [0.1, 0.15) is 0 Å². The number of Topliss-reactive ketones (excluding diaryl/α,β-unsaturated/α-hetero) is 1. The molecule has 0 saturated carbocycles. The Hall–Kier alpha value is -2.13. The van der Waals surface area contributed by atoms with Gasteiger partial charge in [0, 0.05) is 32.3 Å². The van der Waals surface area contributed by atoms with E-state index in [1.807, 2.05) is 18.2 Å². The zero-order chi connectivity index (χ0) is 14.8. The van der Waals surface area contributed by atoms with E-state index in [1.54, 1.807) is 6.92 Å². The summed E-state index contributed by atoms with van der Waals surface area (Å²) in [6.07, 6.45) is 1.94. The molecule has 1 aliphatic heterocycles. The third kappa shape index (κ3) is 2.69. The van der Waals surface area contributed by atoms with Crippen LogP contribution in [0.4, 0.5) is 0 Å². The molecule has 3 nitrogen and oxygen atoms in total. The van der Waals surface area contributed by atoms with E-state index in [9.17, 15) is 4.79 Å². The van der Waals surface area contributed by atoms with E-state index in [-0.39, 0.29) is 11.8 Å². The second-order valence-corrected chi connectivity index (χ2v) is 5.59. The standard InChI is InChI=1S/C18H20N2O/c1-3-16-12-19(11-15-7-5-4-6-8-15)13-17-9-10-18(14(2)21)20(16)17/h3-10,16H,1,11-13H2,2H3/t16-/m1/s1. The molecular formula is C18H20N2O. The Bertz CT molecular complexity index is 657. The molecule has 2 heterocycles. The Morgan fingerprint density at radius 1 is 1.29 bits per heavy atom. The lowest BCUT2D eigenvalue weighted by Crippen LogP contribution is -2.36. The minimum absolute atomic E-state index is 0.115. The Labute approximate surface area is 125 Å². The lowest BCUT2D eigenvalue weighted by atomic mass is 10.1. The summed E-state index contributed by atoms with van der Waals surface area (Å²) in [6, 6.07) is 14.6. The predicted molar refractivity (Wildman–Crippen MR) is 84.2 cm³/mol. The second kappa shape index (κ2) is 5.70. The third-order valence-electron chi connectivity index (χ3n) is 4.05. The molecule has 0 spiro atoms. The van der Waals surface area contributed by atoms with E-state index < -0.39 is 0 Å². The predicted octanol–water partition coefficient (Wildman–Crippen LogP) is 3.43. The minimum atomic E-state index is 0.115. The average Bonchev–Trinajstić information content (AvgIpc) is 2.91. The number of ketones is 1. The summed E-state index contributed by atoms with van der Waals surface area (Å²) < 4.78 is 2.14. The van der Waals surface area contributed by atoms with Crippen molar-refractivity contribution >= 4 is 5.78 Å². The molecule has 1 aromatic carbocycles. The largest absolute Gasteiger partial charge is 0.333 e. The lowest BCUT2D eigenvalue weighted by molar-refractivity contribution is 0.0996. The van der Waals surface area contributed by atoms with Crippen molar-refractivity contribution in [2.24, 2.45) is 0 Å². The fourth-order valence-electron chi connectivity index (χ4n) is 3.08. The quantitative estimate of drug-likeness (QED) is 0.633. The van der Waals surface area contributed by atoms with Crippen molar-refractivity contribution in [3.8, 4) is 0 Å². The minimum Gasteiger partial charge on any atom is -0.333 e. The number of rotatable bonds is 4. The van der Waals surface area contributed by atoms with Gasteiger partial charge in [-0.3, -0.25) is 9.69 Å². The summed E-state index contributed by atoms with van der Waals surface area (Å²) in [7, 11) is 0. The van der Waals surface area contributed by atoms with E-state index in [4.69, 9.17) is 0 Å². The first-order valence-electron chi connectivity index (χ1n) is 7.29. The maximum Gasteiger partial charge on any atom is 0.176 e. The molecule has 0 amide bonds. The zero-order valence-corrected chi connectivity index (χ0v) is 12.3. The van der Waals surface area contributed by atoms with Crippen LogP contribution < -0.4 is 0 Å². The molecule has 0 unspecified atom stereocenters.